The minimum absolute atomic E-state index is 0.0286. The highest BCUT2D eigenvalue weighted by Crippen LogP contribution is 2.09. The Morgan fingerprint density at radius 3 is 2.20 bits per heavy atom. The minimum atomic E-state index is -1.15. The first-order valence-electron chi connectivity index (χ1n) is 8.24. The lowest BCUT2D eigenvalue weighted by Gasteiger charge is -2.26. The van der Waals surface area contributed by atoms with E-state index in [0.29, 0.717) is 25.8 Å². The Kier molecular flexibility index (Phi) is 10.2. The Balaban J connectivity index is 4.73. The number of rotatable bonds is 11. The van der Waals surface area contributed by atoms with Gasteiger partial charge >= 0.3 is 5.97 Å². The molecule has 0 fully saturated rings. The number of carbonyl (C=O) groups excluding carboxylic acids is 2. The summed E-state index contributed by atoms with van der Waals surface area (Å²) < 4.78 is 0. The van der Waals surface area contributed by atoms with Gasteiger partial charge in [0.15, 0.2) is 5.96 Å². The van der Waals surface area contributed by atoms with Crippen molar-refractivity contribution in [3.63, 3.8) is 0 Å². The molecule has 0 aromatic carbocycles. The molecule has 9 N–H and O–H groups in total. The van der Waals surface area contributed by atoms with Crippen LogP contribution >= 0.6 is 0 Å². The van der Waals surface area contributed by atoms with Crippen LogP contribution < -0.4 is 27.8 Å². The number of amides is 2. The third-order valence-electron chi connectivity index (χ3n) is 3.83. The molecule has 4 unspecified atom stereocenters. The largest absolute Gasteiger partial charge is 0.480 e. The number of hydrogen-bond donors (Lipinski definition) is 6. The van der Waals surface area contributed by atoms with E-state index in [1.807, 2.05) is 6.92 Å². The first kappa shape index (κ1) is 22.6. The van der Waals surface area contributed by atoms with Gasteiger partial charge < -0.3 is 32.9 Å². The van der Waals surface area contributed by atoms with Crippen LogP contribution in [-0.2, 0) is 14.4 Å². The second-order valence-electron chi connectivity index (χ2n) is 6.00. The number of carbonyl (C=O) groups is 3. The van der Waals surface area contributed by atoms with Crippen molar-refractivity contribution in [3.8, 4) is 0 Å². The van der Waals surface area contributed by atoms with Crippen LogP contribution in [0, 0.1) is 5.92 Å². The molecule has 25 heavy (non-hydrogen) atoms. The average Bonchev–Trinajstić information content (AvgIpc) is 2.54. The number of aliphatic imine (C=N–C) groups is 1. The maximum absolute atomic E-state index is 12.3. The zero-order valence-electron chi connectivity index (χ0n) is 15.0. The Bertz CT molecular complexity index is 492. The average molecular weight is 358 g/mol. The summed E-state index contributed by atoms with van der Waals surface area (Å²) in [6.07, 6.45) is 1.49. The second-order valence-corrected chi connectivity index (χ2v) is 6.00. The summed E-state index contributed by atoms with van der Waals surface area (Å²) in [6, 6.07) is -2.72. The van der Waals surface area contributed by atoms with Crippen molar-refractivity contribution in [2.45, 2.75) is 58.2 Å². The van der Waals surface area contributed by atoms with Crippen molar-refractivity contribution in [3.05, 3.63) is 0 Å². The van der Waals surface area contributed by atoms with Crippen LogP contribution in [-0.4, -0.2) is 53.5 Å². The molecule has 0 saturated heterocycles. The maximum Gasteiger partial charge on any atom is 0.325 e. The van der Waals surface area contributed by atoms with Gasteiger partial charge in [0.2, 0.25) is 11.8 Å². The third kappa shape index (κ3) is 8.89. The van der Waals surface area contributed by atoms with Crippen molar-refractivity contribution in [2.75, 3.05) is 6.54 Å². The number of nitrogens with one attached hydrogen (secondary N) is 2. The predicted molar refractivity (Wildman–Crippen MR) is 94.5 cm³/mol. The molecule has 10 nitrogen and oxygen atoms in total. The van der Waals surface area contributed by atoms with Gasteiger partial charge in [0.05, 0.1) is 6.04 Å². The molecule has 0 aromatic heterocycles. The lowest BCUT2D eigenvalue weighted by atomic mass is 9.97. The van der Waals surface area contributed by atoms with Crippen LogP contribution in [0.25, 0.3) is 0 Å². The zero-order chi connectivity index (χ0) is 19.6. The van der Waals surface area contributed by atoms with E-state index in [1.54, 1.807) is 6.92 Å². The number of guanidine groups is 1. The van der Waals surface area contributed by atoms with Crippen molar-refractivity contribution in [1.29, 1.82) is 0 Å². The van der Waals surface area contributed by atoms with Gasteiger partial charge in [-0.25, -0.2) is 0 Å². The molecule has 0 saturated carbocycles. The van der Waals surface area contributed by atoms with Crippen LogP contribution in [0.1, 0.15) is 40.0 Å². The lowest BCUT2D eigenvalue weighted by Crippen LogP contribution is -2.56. The van der Waals surface area contributed by atoms with Gasteiger partial charge in [-0.05, 0) is 25.7 Å². The van der Waals surface area contributed by atoms with Crippen molar-refractivity contribution in [2.24, 2.45) is 28.1 Å². The van der Waals surface area contributed by atoms with E-state index in [2.05, 4.69) is 15.6 Å². The van der Waals surface area contributed by atoms with Crippen molar-refractivity contribution in [1.82, 2.24) is 10.6 Å². The molecular weight excluding hydrogens is 328 g/mol. The SMILES string of the molecule is CCC(C)C(NC(=O)C(N)CCCN=C(N)N)C(=O)NC(C)C(=O)O. The topological polar surface area (TPSA) is 186 Å². The summed E-state index contributed by atoms with van der Waals surface area (Å²) in [6.45, 7) is 5.37. The fourth-order valence-electron chi connectivity index (χ4n) is 1.98. The minimum Gasteiger partial charge on any atom is -0.480 e. The molecule has 0 aliphatic rings. The zero-order valence-corrected chi connectivity index (χ0v) is 15.0. The molecule has 0 aromatic rings. The summed E-state index contributed by atoms with van der Waals surface area (Å²) >= 11 is 0. The monoisotopic (exact) mass is 358 g/mol. The first-order valence-corrected chi connectivity index (χ1v) is 8.24. The Morgan fingerprint density at radius 1 is 1.12 bits per heavy atom. The number of carboxylic acid groups (broad SMARTS) is 1. The molecule has 0 radical (unpaired) electrons. The Labute approximate surface area is 147 Å². The maximum atomic E-state index is 12.3. The van der Waals surface area contributed by atoms with E-state index in [-0.39, 0.29) is 11.9 Å². The molecule has 0 aliphatic carbocycles. The quantitative estimate of drug-likeness (QED) is 0.147. The predicted octanol–water partition coefficient (Wildman–Crippen LogP) is -1.51. The molecule has 0 spiro atoms. The fraction of sp³-hybridized carbons (Fsp3) is 0.733. The number of aliphatic carboxylic acids is 1. The lowest BCUT2D eigenvalue weighted by molar-refractivity contribution is -0.142. The number of nitrogens with zero attached hydrogens (tertiary/aromatic N) is 1. The number of nitrogens with two attached hydrogens (primary N) is 3. The standard InChI is InChI=1S/C15H30N6O4/c1-4-8(2)11(13(23)20-9(3)14(24)25)21-12(22)10(16)6-5-7-19-15(17)18/h8-11H,4-7,16H2,1-3H3,(H,20,23)(H,21,22)(H,24,25)(H4,17,18,19). The van der Waals surface area contributed by atoms with Gasteiger partial charge in [0.25, 0.3) is 0 Å². The van der Waals surface area contributed by atoms with Crippen LogP contribution in [0.2, 0.25) is 0 Å². The fourth-order valence-corrected chi connectivity index (χ4v) is 1.98. The molecule has 0 bridgehead atoms. The van der Waals surface area contributed by atoms with E-state index in [0.717, 1.165) is 0 Å². The summed E-state index contributed by atoms with van der Waals surface area (Å²) in [5.74, 6) is -2.39. The van der Waals surface area contributed by atoms with Gasteiger partial charge in [-0.2, -0.15) is 0 Å². The molecule has 0 rings (SSSR count). The van der Waals surface area contributed by atoms with Crippen LogP contribution in [0.4, 0.5) is 0 Å². The van der Waals surface area contributed by atoms with Gasteiger partial charge in [-0.3, -0.25) is 19.4 Å². The van der Waals surface area contributed by atoms with E-state index in [4.69, 9.17) is 22.3 Å². The summed E-state index contributed by atoms with van der Waals surface area (Å²) in [5, 5.41) is 13.9. The highest BCUT2D eigenvalue weighted by Gasteiger charge is 2.29. The molecular formula is C15H30N6O4. The molecule has 0 heterocycles. The normalized spacial score (nSPS) is 15.4. The van der Waals surface area contributed by atoms with E-state index >= 15 is 0 Å². The first-order chi connectivity index (χ1) is 11.6. The molecule has 0 aliphatic heterocycles. The molecule has 10 heteroatoms. The van der Waals surface area contributed by atoms with E-state index in [1.165, 1.54) is 6.92 Å². The highest BCUT2D eigenvalue weighted by atomic mass is 16.4. The third-order valence-corrected chi connectivity index (χ3v) is 3.83. The summed E-state index contributed by atoms with van der Waals surface area (Å²) in [7, 11) is 0. The van der Waals surface area contributed by atoms with Crippen molar-refractivity contribution >= 4 is 23.7 Å². The number of hydrogen-bond acceptors (Lipinski definition) is 5. The summed E-state index contributed by atoms with van der Waals surface area (Å²) in [4.78, 5) is 39.2. The van der Waals surface area contributed by atoms with Crippen molar-refractivity contribution < 1.29 is 19.5 Å². The summed E-state index contributed by atoms with van der Waals surface area (Å²) in [5.41, 5.74) is 16.2. The van der Waals surface area contributed by atoms with Gasteiger partial charge in [0.1, 0.15) is 12.1 Å². The van der Waals surface area contributed by atoms with Crippen LogP contribution in [0.3, 0.4) is 0 Å². The van der Waals surface area contributed by atoms with Crippen LogP contribution in [0.15, 0.2) is 4.99 Å². The number of carboxylic acids is 1. The Morgan fingerprint density at radius 2 is 1.72 bits per heavy atom. The Hall–Kier alpha value is -2.36. The molecule has 144 valence electrons. The van der Waals surface area contributed by atoms with E-state index < -0.39 is 35.9 Å². The van der Waals surface area contributed by atoms with Crippen LogP contribution in [0.5, 0.6) is 0 Å². The van der Waals surface area contributed by atoms with Gasteiger partial charge in [-0.1, -0.05) is 20.3 Å². The van der Waals surface area contributed by atoms with Gasteiger partial charge in [-0.15, -0.1) is 0 Å². The second kappa shape index (κ2) is 11.2. The molecule has 4 atom stereocenters. The molecule has 2 amide bonds. The van der Waals surface area contributed by atoms with Gasteiger partial charge in [0, 0.05) is 6.54 Å². The smallest absolute Gasteiger partial charge is 0.325 e. The highest BCUT2D eigenvalue weighted by molar-refractivity contribution is 5.91. The van der Waals surface area contributed by atoms with E-state index in [9.17, 15) is 14.4 Å².